The van der Waals surface area contributed by atoms with Crippen LogP contribution in [0.2, 0.25) is 0 Å². The second-order valence-electron chi connectivity index (χ2n) is 6.12. The Morgan fingerprint density at radius 1 is 0.667 bits per heavy atom. The van der Waals surface area contributed by atoms with Crippen LogP contribution in [0.1, 0.15) is 33.6 Å². The molecule has 0 unspecified atom stereocenters. The molecule has 0 bridgehead atoms. The Hall–Kier alpha value is -2.03. The molecule has 0 aromatic heterocycles. The van der Waals surface area contributed by atoms with Crippen molar-refractivity contribution in [1.82, 2.24) is 0 Å². The molecule has 24 heavy (non-hydrogen) atoms. The fourth-order valence-corrected chi connectivity index (χ4v) is 3.84. The molecule has 0 aliphatic heterocycles. The first-order valence-corrected chi connectivity index (χ1v) is 9.04. The van der Waals surface area contributed by atoms with Crippen molar-refractivity contribution >= 4 is 11.8 Å². The summed E-state index contributed by atoms with van der Waals surface area (Å²) in [6.07, 6.45) is -0.557. The van der Waals surface area contributed by atoms with Crippen molar-refractivity contribution in [3.05, 3.63) is 101 Å². The molecule has 0 radical (unpaired) electrons. The van der Waals surface area contributed by atoms with E-state index in [-0.39, 0.29) is 5.25 Å². The van der Waals surface area contributed by atoms with Gasteiger partial charge < -0.3 is 5.11 Å². The van der Waals surface area contributed by atoms with Gasteiger partial charge in [0.2, 0.25) is 0 Å². The summed E-state index contributed by atoms with van der Waals surface area (Å²) in [5.74, 6) is 0. The number of rotatable bonds is 5. The lowest BCUT2D eigenvalue weighted by molar-refractivity contribution is 0.175. The normalized spacial score (nSPS) is 13.5. The van der Waals surface area contributed by atoms with Crippen LogP contribution in [0, 0.1) is 13.8 Å². The largest absolute Gasteiger partial charge is 0.387 e. The topological polar surface area (TPSA) is 20.2 Å². The maximum atomic E-state index is 11.0. The van der Waals surface area contributed by atoms with E-state index >= 15 is 0 Å². The van der Waals surface area contributed by atoms with Crippen LogP contribution < -0.4 is 0 Å². The first-order valence-electron chi connectivity index (χ1n) is 8.16. The van der Waals surface area contributed by atoms with Crippen LogP contribution in [0.15, 0.2) is 83.8 Å². The van der Waals surface area contributed by atoms with Crippen molar-refractivity contribution in [3.63, 3.8) is 0 Å². The summed E-state index contributed by atoms with van der Waals surface area (Å²) >= 11 is 1.70. The van der Waals surface area contributed by atoms with Crippen LogP contribution in [-0.2, 0) is 0 Å². The van der Waals surface area contributed by atoms with E-state index in [4.69, 9.17) is 0 Å². The van der Waals surface area contributed by atoms with Gasteiger partial charge in [-0.25, -0.2) is 0 Å². The molecule has 0 aliphatic rings. The van der Waals surface area contributed by atoms with E-state index in [0.717, 1.165) is 16.0 Å². The van der Waals surface area contributed by atoms with E-state index in [1.54, 1.807) is 11.8 Å². The van der Waals surface area contributed by atoms with E-state index in [1.165, 1.54) is 11.1 Å². The fraction of sp³-hybridized carbons (Fsp3) is 0.182. The summed E-state index contributed by atoms with van der Waals surface area (Å²) < 4.78 is 0. The van der Waals surface area contributed by atoms with Gasteiger partial charge >= 0.3 is 0 Å². The number of aryl methyl sites for hydroxylation is 2. The van der Waals surface area contributed by atoms with E-state index in [9.17, 15) is 5.11 Å². The van der Waals surface area contributed by atoms with Crippen molar-refractivity contribution in [3.8, 4) is 0 Å². The van der Waals surface area contributed by atoms with Gasteiger partial charge in [0, 0.05) is 4.90 Å². The third-order valence-corrected chi connectivity index (χ3v) is 5.45. The van der Waals surface area contributed by atoms with Gasteiger partial charge in [-0.3, -0.25) is 0 Å². The first-order chi connectivity index (χ1) is 11.6. The predicted molar refractivity (Wildman–Crippen MR) is 102 cm³/mol. The van der Waals surface area contributed by atoms with E-state index in [2.05, 4.69) is 62.4 Å². The maximum Gasteiger partial charge on any atom is 0.0952 e. The maximum absolute atomic E-state index is 11.0. The number of hydrogen-bond acceptors (Lipinski definition) is 2. The smallest absolute Gasteiger partial charge is 0.0952 e. The van der Waals surface area contributed by atoms with Crippen LogP contribution in [0.25, 0.3) is 0 Å². The van der Waals surface area contributed by atoms with Gasteiger partial charge in [0.05, 0.1) is 11.4 Å². The van der Waals surface area contributed by atoms with E-state index in [1.807, 2.05) is 30.3 Å². The Balaban J connectivity index is 1.94. The molecule has 0 spiro atoms. The molecule has 1 nitrogen and oxygen atoms in total. The Bertz CT molecular complexity index is 763. The molecule has 3 rings (SSSR count). The minimum absolute atomic E-state index is 0.0456. The molecule has 2 atom stereocenters. The zero-order valence-corrected chi connectivity index (χ0v) is 14.8. The average Bonchev–Trinajstić information content (AvgIpc) is 2.62. The van der Waals surface area contributed by atoms with Crippen LogP contribution in [0.5, 0.6) is 0 Å². The highest BCUT2D eigenvalue weighted by molar-refractivity contribution is 7.99. The third-order valence-electron chi connectivity index (χ3n) is 4.12. The van der Waals surface area contributed by atoms with Gasteiger partial charge in [-0.1, -0.05) is 77.9 Å². The molecule has 0 aliphatic carbocycles. The van der Waals surface area contributed by atoms with Gasteiger partial charge in [-0.2, -0.15) is 0 Å². The van der Waals surface area contributed by atoms with E-state index in [0.29, 0.717) is 0 Å². The summed E-state index contributed by atoms with van der Waals surface area (Å²) in [6, 6.07) is 26.9. The number of aliphatic hydroxyl groups is 1. The Morgan fingerprint density at radius 3 is 1.71 bits per heavy atom. The molecule has 122 valence electrons. The van der Waals surface area contributed by atoms with Gasteiger partial charge in [0.15, 0.2) is 0 Å². The average molecular weight is 334 g/mol. The SMILES string of the molecule is Cc1ccc([C@@H](O)[C@H](Sc2ccccc2)c2ccc(C)cc2)cc1. The molecule has 0 saturated heterocycles. The molecule has 0 saturated carbocycles. The molecule has 0 fully saturated rings. The minimum Gasteiger partial charge on any atom is -0.387 e. The molecule has 3 aromatic carbocycles. The molecule has 3 aromatic rings. The lowest BCUT2D eigenvalue weighted by Crippen LogP contribution is -2.08. The Labute approximate surface area is 148 Å². The standard InChI is InChI=1S/C22H22OS/c1-16-8-12-18(13-9-16)21(23)22(19-14-10-17(2)11-15-19)24-20-6-4-3-5-7-20/h3-15,21-23H,1-2H3/t21-,22-/m1/s1. The van der Waals surface area contributed by atoms with Crippen molar-refractivity contribution in [2.24, 2.45) is 0 Å². The predicted octanol–water partition coefficient (Wildman–Crippen LogP) is 5.87. The molecular weight excluding hydrogens is 312 g/mol. The summed E-state index contributed by atoms with van der Waals surface area (Å²) in [6.45, 7) is 4.14. The van der Waals surface area contributed by atoms with Crippen molar-refractivity contribution in [2.45, 2.75) is 30.1 Å². The lowest BCUT2D eigenvalue weighted by Gasteiger charge is -2.24. The fourth-order valence-electron chi connectivity index (χ4n) is 2.66. The first kappa shape index (κ1) is 16.8. The molecule has 0 heterocycles. The van der Waals surface area contributed by atoms with Gasteiger partial charge in [-0.15, -0.1) is 11.8 Å². The zero-order chi connectivity index (χ0) is 16.9. The van der Waals surface area contributed by atoms with Crippen LogP contribution in [0.3, 0.4) is 0 Å². The number of hydrogen-bond donors (Lipinski definition) is 1. The van der Waals surface area contributed by atoms with Gasteiger partial charge in [0.25, 0.3) is 0 Å². The summed E-state index contributed by atoms with van der Waals surface area (Å²) in [7, 11) is 0. The lowest BCUT2D eigenvalue weighted by atomic mass is 9.99. The highest BCUT2D eigenvalue weighted by Gasteiger charge is 2.24. The quantitative estimate of drug-likeness (QED) is 0.589. The number of benzene rings is 3. The highest BCUT2D eigenvalue weighted by Crippen LogP contribution is 2.43. The highest BCUT2D eigenvalue weighted by atomic mass is 32.2. The van der Waals surface area contributed by atoms with E-state index < -0.39 is 6.10 Å². The van der Waals surface area contributed by atoms with Gasteiger partial charge in [0.1, 0.15) is 0 Å². The van der Waals surface area contributed by atoms with Gasteiger partial charge in [-0.05, 0) is 37.1 Å². The Morgan fingerprint density at radius 2 is 1.17 bits per heavy atom. The van der Waals surface area contributed by atoms with Crippen molar-refractivity contribution in [2.75, 3.05) is 0 Å². The minimum atomic E-state index is -0.557. The third kappa shape index (κ3) is 4.08. The monoisotopic (exact) mass is 334 g/mol. The van der Waals surface area contributed by atoms with Crippen LogP contribution in [-0.4, -0.2) is 5.11 Å². The molecule has 1 N–H and O–H groups in total. The molecular formula is C22H22OS. The van der Waals surface area contributed by atoms with Crippen LogP contribution in [0.4, 0.5) is 0 Å². The number of aliphatic hydroxyl groups excluding tert-OH is 1. The zero-order valence-electron chi connectivity index (χ0n) is 14.0. The summed E-state index contributed by atoms with van der Waals surface area (Å²) in [5, 5.41) is 11.0. The van der Waals surface area contributed by atoms with Crippen molar-refractivity contribution < 1.29 is 5.11 Å². The van der Waals surface area contributed by atoms with Crippen molar-refractivity contribution in [1.29, 1.82) is 0 Å². The molecule has 2 heteroatoms. The second-order valence-corrected chi connectivity index (χ2v) is 7.33. The number of thioether (sulfide) groups is 1. The second kappa shape index (κ2) is 7.69. The molecule has 0 amide bonds. The summed E-state index contributed by atoms with van der Waals surface area (Å²) in [4.78, 5) is 1.16. The van der Waals surface area contributed by atoms with Crippen LogP contribution >= 0.6 is 11.8 Å². The Kier molecular flexibility index (Phi) is 5.39. The summed E-state index contributed by atoms with van der Waals surface area (Å²) in [5.41, 5.74) is 4.53.